The zero-order valence-corrected chi connectivity index (χ0v) is 17.6. The summed E-state index contributed by atoms with van der Waals surface area (Å²) in [5.41, 5.74) is 0. The predicted molar refractivity (Wildman–Crippen MR) is 107 cm³/mol. The number of halogens is 1. The minimum atomic E-state index is -3.40. The van der Waals surface area contributed by atoms with Gasteiger partial charge in [0.25, 0.3) is 10.0 Å². The molecule has 1 aromatic rings. The molecule has 6 nitrogen and oxygen atoms in total. The summed E-state index contributed by atoms with van der Waals surface area (Å²) in [5.74, 6) is 0.0868. The number of likely N-dealkylation sites (N-methyl/N-ethyl adjacent to an activating group) is 1. The Labute approximate surface area is 166 Å². The number of sulfonamides is 1. The fourth-order valence-electron chi connectivity index (χ4n) is 3.52. The first-order valence-corrected chi connectivity index (χ1v) is 11.3. The Morgan fingerprint density at radius 1 is 1.19 bits per heavy atom. The quantitative estimate of drug-likeness (QED) is 0.790. The number of hydrogen-bond donors (Lipinski definition) is 1. The van der Waals surface area contributed by atoms with Crippen molar-refractivity contribution < 1.29 is 13.2 Å². The standard InChI is InChI=1S/C17H27N3O3S2.ClH/c1-18-14-6-5-9-19(13-14)16(21)12-15-7-8-17(24-15)25(22,23)20-10-3-2-4-11-20;/h7-8,14,18H,2-6,9-13H2,1H3;1H. The van der Waals surface area contributed by atoms with E-state index < -0.39 is 10.0 Å². The predicted octanol–water partition coefficient (Wildman–Crippen LogP) is 2.10. The zero-order chi connectivity index (χ0) is 17.9. The molecule has 1 aromatic heterocycles. The van der Waals surface area contributed by atoms with Crippen LogP contribution in [0.4, 0.5) is 0 Å². The van der Waals surface area contributed by atoms with E-state index in [-0.39, 0.29) is 24.7 Å². The van der Waals surface area contributed by atoms with Crippen LogP contribution in [0, 0.1) is 0 Å². The van der Waals surface area contributed by atoms with Crippen LogP contribution in [-0.4, -0.2) is 62.8 Å². The first-order chi connectivity index (χ1) is 12.0. The molecule has 1 atom stereocenters. The lowest BCUT2D eigenvalue weighted by Crippen LogP contribution is -2.47. The second-order valence-corrected chi connectivity index (χ2v) is 10.2. The Bertz CT molecular complexity index is 702. The van der Waals surface area contributed by atoms with Gasteiger partial charge in [0.2, 0.25) is 5.91 Å². The maximum absolute atomic E-state index is 12.7. The summed E-state index contributed by atoms with van der Waals surface area (Å²) >= 11 is 1.24. The van der Waals surface area contributed by atoms with Gasteiger partial charge in [0, 0.05) is 37.1 Å². The molecule has 2 saturated heterocycles. The van der Waals surface area contributed by atoms with E-state index in [1.807, 2.05) is 11.9 Å². The summed E-state index contributed by atoms with van der Waals surface area (Å²) in [7, 11) is -1.47. The molecule has 0 bridgehead atoms. The monoisotopic (exact) mass is 421 g/mol. The van der Waals surface area contributed by atoms with Gasteiger partial charge < -0.3 is 10.2 Å². The van der Waals surface area contributed by atoms with E-state index in [9.17, 15) is 13.2 Å². The van der Waals surface area contributed by atoms with Crippen molar-refractivity contribution >= 4 is 39.7 Å². The van der Waals surface area contributed by atoms with Crippen molar-refractivity contribution in [2.45, 2.75) is 48.8 Å². The van der Waals surface area contributed by atoms with Crippen molar-refractivity contribution in [1.82, 2.24) is 14.5 Å². The number of rotatable bonds is 5. The molecule has 2 aliphatic heterocycles. The summed E-state index contributed by atoms with van der Waals surface area (Å²) in [6.07, 6.45) is 5.35. The number of carbonyl (C=O) groups excluding carboxylic acids is 1. The summed E-state index contributed by atoms with van der Waals surface area (Å²) in [5, 5.41) is 3.24. The van der Waals surface area contributed by atoms with Gasteiger partial charge in [0.05, 0.1) is 6.42 Å². The number of amides is 1. The molecule has 0 saturated carbocycles. The van der Waals surface area contributed by atoms with Crippen molar-refractivity contribution in [1.29, 1.82) is 0 Å². The van der Waals surface area contributed by atoms with E-state index in [0.29, 0.717) is 23.3 Å². The number of nitrogens with zero attached hydrogens (tertiary/aromatic N) is 2. The molecule has 3 heterocycles. The van der Waals surface area contributed by atoms with E-state index in [0.717, 1.165) is 50.1 Å². The third kappa shape index (κ3) is 4.98. The second-order valence-electron chi connectivity index (χ2n) is 6.83. The van der Waals surface area contributed by atoms with E-state index in [1.165, 1.54) is 11.3 Å². The number of thiophene rings is 1. The summed E-state index contributed by atoms with van der Waals surface area (Å²) in [4.78, 5) is 15.3. The lowest BCUT2D eigenvalue weighted by Gasteiger charge is -2.32. The number of likely N-dealkylation sites (tertiary alicyclic amines) is 1. The van der Waals surface area contributed by atoms with Gasteiger partial charge in [-0.3, -0.25) is 4.79 Å². The van der Waals surface area contributed by atoms with Crippen LogP contribution in [0.1, 0.15) is 37.0 Å². The maximum atomic E-state index is 12.7. The summed E-state index contributed by atoms with van der Waals surface area (Å²) in [6, 6.07) is 3.80. The second kappa shape index (κ2) is 9.50. The first-order valence-electron chi connectivity index (χ1n) is 9.04. The largest absolute Gasteiger partial charge is 0.341 e. The van der Waals surface area contributed by atoms with Crippen LogP contribution in [0.3, 0.4) is 0 Å². The fourth-order valence-corrected chi connectivity index (χ4v) is 6.54. The molecule has 1 N–H and O–H groups in total. The van der Waals surface area contributed by atoms with Crippen LogP contribution in [0.2, 0.25) is 0 Å². The van der Waals surface area contributed by atoms with Gasteiger partial charge in [-0.05, 0) is 44.9 Å². The van der Waals surface area contributed by atoms with Crippen molar-refractivity contribution in [3.8, 4) is 0 Å². The highest BCUT2D eigenvalue weighted by Crippen LogP contribution is 2.27. The van der Waals surface area contributed by atoms with Crippen molar-refractivity contribution in [2.24, 2.45) is 0 Å². The number of nitrogens with one attached hydrogen (secondary N) is 1. The average molecular weight is 422 g/mol. The van der Waals surface area contributed by atoms with Gasteiger partial charge in [-0.2, -0.15) is 4.31 Å². The third-order valence-electron chi connectivity index (χ3n) is 5.05. The molecule has 9 heteroatoms. The Morgan fingerprint density at radius 2 is 1.92 bits per heavy atom. The lowest BCUT2D eigenvalue weighted by molar-refractivity contribution is -0.131. The van der Waals surface area contributed by atoms with Crippen LogP contribution in [0.15, 0.2) is 16.3 Å². The van der Waals surface area contributed by atoms with E-state index in [4.69, 9.17) is 0 Å². The first kappa shape index (κ1) is 21.6. The topological polar surface area (TPSA) is 69.7 Å². The van der Waals surface area contributed by atoms with Crippen LogP contribution >= 0.6 is 23.7 Å². The molecule has 3 rings (SSSR count). The Morgan fingerprint density at radius 3 is 2.62 bits per heavy atom. The van der Waals surface area contributed by atoms with Gasteiger partial charge in [-0.25, -0.2) is 8.42 Å². The normalized spacial score (nSPS) is 22.0. The Balaban J connectivity index is 0.00000243. The summed E-state index contributed by atoms with van der Waals surface area (Å²) < 4.78 is 27.3. The Hall–Kier alpha value is -0.670. The van der Waals surface area contributed by atoms with Crippen LogP contribution in [-0.2, 0) is 21.2 Å². The molecule has 1 unspecified atom stereocenters. The Kier molecular flexibility index (Phi) is 7.90. The molecule has 0 aliphatic carbocycles. The zero-order valence-electron chi connectivity index (χ0n) is 15.1. The SMILES string of the molecule is CNC1CCCN(C(=O)Cc2ccc(S(=O)(=O)N3CCCCC3)s2)C1.Cl. The lowest BCUT2D eigenvalue weighted by atomic mass is 10.1. The van der Waals surface area contributed by atoms with Crippen LogP contribution in [0.25, 0.3) is 0 Å². The highest BCUT2D eigenvalue weighted by atomic mass is 35.5. The molecule has 0 spiro atoms. The molecular weight excluding hydrogens is 394 g/mol. The van der Waals surface area contributed by atoms with Gasteiger partial charge in [-0.1, -0.05) is 6.42 Å². The maximum Gasteiger partial charge on any atom is 0.252 e. The molecular formula is C17H28ClN3O3S2. The van der Waals surface area contributed by atoms with Gasteiger partial charge in [0.15, 0.2) is 0 Å². The molecule has 148 valence electrons. The number of carbonyl (C=O) groups is 1. The third-order valence-corrected chi connectivity index (χ3v) is 8.51. The summed E-state index contributed by atoms with van der Waals surface area (Å²) in [6.45, 7) is 2.74. The average Bonchev–Trinajstić information content (AvgIpc) is 3.12. The van der Waals surface area contributed by atoms with E-state index in [1.54, 1.807) is 16.4 Å². The van der Waals surface area contributed by atoms with Gasteiger partial charge in [0.1, 0.15) is 4.21 Å². The minimum absolute atomic E-state index is 0. The van der Waals surface area contributed by atoms with Gasteiger partial charge >= 0.3 is 0 Å². The number of hydrogen-bond acceptors (Lipinski definition) is 5. The van der Waals surface area contributed by atoms with Crippen LogP contribution < -0.4 is 5.32 Å². The highest BCUT2D eigenvalue weighted by Gasteiger charge is 2.28. The van der Waals surface area contributed by atoms with Crippen LogP contribution in [0.5, 0.6) is 0 Å². The molecule has 2 fully saturated rings. The van der Waals surface area contributed by atoms with Crippen molar-refractivity contribution in [2.75, 3.05) is 33.2 Å². The smallest absolute Gasteiger partial charge is 0.252 e. The van der Waals surface area contributed by atoms with Gasteiger partial charge in [-0.15, -0.1) is 23.7 Å². The number of piperidine rings is 2. The highest BCUT2D eigenvalue weighted by molar-refractivity contribution is 7.91. The molecule has 0 aromatic carbocycles. The molecule has 2 aliphatic rings. The fraction of sp³-hybridized carbons (Fsp3) is 0.706. The van der Waals surface area contributed by atoms with Crippen molar-refractivity contribution in [3.63, 3.8) is 0 Å². The molecule has 1 amide bonds. The molecule has 26 heavy (non-hydrogen) atoms. The van der Waals surface area contributed by atoms with E-state index in [2.05, 4.69) is 5.32 Å². The van der Waals surface area contributed by atoms with Crippen molar-refractivity contribution in [3.05, 3.63) is 17.0 Å². The minimum Gasteiger partial charge on any atom is -0.341 e. The van der Waals surface area contributed by atoms with E-state index >= 15 is 0 Å². The molecule has 0 radical (unpaired) electrons.